The van der Waals surface area contributed by atoms with Gasteiger partial charge < -0.3 is 14.0 Å². The Balaban J connectivity index is 2.63. The molecule has 21 heavy (non-hydrogen) atoms. The van der Waals surface area contributed by atoms with Crippen molar-refractivity contribution in [2.24, 2.45) is 0 Å². The van der Waals surface area contributed by atoms with Crippen molar-refractivity contribution in [1.29, 1.82) is 0 Å². The van der Waals surface area contributed by atoms with Gasteiger partial charge in [-0.3, -0.25) is 4.79 Å². The minimum atomic E-state index is -3.71. The molecule has 2 atom stereocenters. The van der Waals surface area contributed by atoms with Crippen LogP contribution in [0.3, 0.4) is 0 Å². The lowest BCUT2D eigenvalue weighted by atomic mass is 10.3. The van der Waals surface area contributed by atoms with E-state index in [4.69, 9.17) is 25.2 Å². The first-order valence-electron chi connectivity index (χ1n) is 6.35. The van der Waals surface area contributed by atoms with Gasteiger partial charge in [0.05, 0.1) is 13.2 Å². The molecule has 1 aromatic carbocycles. The number of hydrogen-bond acceptors (Lipinski definition) is 5. The number of nitrogens with one attached hydrogen (secondary N) is 1. The van der Waals surface area contributed by atoms with Crippen LogP contribution in [0.5, 0.6) is 11.5 Å². The van der Waals surface area contributed by atoms with Crippen LogP contribution in [0.15, 0.2) is 24.3 Å². The molecule has 1 unspecified atom stereocenters. The zero-order valence-electron chi connectivity index (χ0n) is 12.3. The number of carbonyl (C=O) groups excluding carboxylic acids is 1. The van der Waals surface area contributed by atoms with Gasteiger partial charge >= 0.3 is 12.8 Å². The Morgan fingerprint density at radius 1 is 1.19 bits per heavy atom. The maximum atomic E-state index is 12.1. The van der Waals surface area contributed by atoms with E-state index in [0.717, 1.165) is 0 Å². The number of ether oxygens (including phenoxy) is 2. The van der Waals surface area contributed by atoms with E-state index in [1.54, 1.807) is 38.1 Å². The molecule has 0 saturated carbocycles. The van der Waals surface area contributed by atoms with Crippen molar-refractivity contribution in [3.8, 4) is 11.5 Å². The predicted octanol–water partition coefficient (Wildman–Crippen LogP) is 3.35. The Morgan fingerprint density at radius 2 is 1.71 bits per heavy atom. The smallest absolute Gasteiger partial charge is 0.409 e. The van der Waals surface area contributed by atoms with E-state index in [1.165, 1.54) is 14.0 Å². The van der Waals surface area contributed by atoms with Gasteiger partial charge in [-0.15, -0.1) is 0 Å². The lowest BCUT2D eigenvalue weighted by Crippen LogP contribution is -2.34. The van der Waals surface area contributed by atoms with E-state index < -0.39 is 18.9 Å². The van der Waals surface area contributed by atoms with E-state index in [9.17, 15) is 9.36 Å². The molecule has 6 nitrogen and oxygen atoms in total. The molecule has 1 aromatic rings. The van der Waals surface area contributed by atoms with Crippen molar-refractivity contribution in [1.82, 2.24) is 5.09 Å². The van der Waals surface area contributed by atoms with Crippen LogP contribution < -0.4 is 14.3 Å². The van der Waals surface area contributed by atoms with Crippen LogP contribution in [0.1, 0.15) is 20.8 Å². The van der Waals surface area contributed by atoms with Gasteiger partial charge in [0.1, 0.15) is 17.5 Å². The summed E-state index contributed by atoms with van der Waals surface area (Å²) in [5, 5.41) is 2.43. The summed E-state index contributed by atoms with van der Waals surface area (Å²) in [6, 6.07) is 5.55. The monoisotopic (exact) mass is 335 g/mol. The van der Waals surface area contributed by atoms with Crippen molar-refractivity contribution in [3.05, 3.63) is 24.3 Å². The Hall–Kier alpha value is -1.23. The minimum Gasteiger partial charge on any atom is -0.497 e. The molecule has 0 aromatic heterocycles. The molecule has 0 saturated heterocycles. The molecule has 0 fully saturated rings. The topological polar surface area (TPSA) is 73.9 Å². The maximum Gasteiger partial charge on any atom is 0.409 e. The Labute approximate surface area is 129 Å². The molecular weight excluding hydrogens is 317 g/mol. The largest absolute Gasteiger partial charge is 0.497 e. The molecule has 0 aliphatic heterocycles. The second-order valence-corrected chi connectivity index (χ2v) is 7.32. The normalized spacial score (nSPS) is 15.1. The summed E-state index contributed by atoms with van der Waals surface area (Å²) in [5.41, 5.74) is 0. The summed E-state index contributed by atoms with van der Waals surface area (Å²) in [5.74, 6) is 0.379. The molecule has 0 spiro atoms. The number of rotatable bonds is 7. The highest BCUT2D eigenvalue weighted by molar-refractivity contribution is 7.84. The molecule has 0 amide bonds. The summed E-state index contributed by atoms with van der Waals surface area (Å²) in [7, 11) is 1.53. The second kappa shape index (κ2) is 7.69. The van der Waals surface area contributed by atoms with Gasteiger partial charge in [0, 0.05) is 11.2 Å². The fourth-order valence-electron chi connectivity index (χ4n) is 1.42. The molecule has 0 heterocycles. The summed E-state index contributed by atoms with van der Waals surface area (Å²) in [6.07, 6.45) is -0.265. The van der Waals surface area contributed by atoms with Gasteiger partial charge in [0.25, 0.3) is 0 Å². The fourth-order valence-corrected chi connectivity index (χ4v) is 3.11. The number of methoxy groups -OCH3 is 1. The SMILES string of the molecule is COc1ccc(OP(=O)(Cl)N[C@@H](C)C(=O)OC(C)C)cc1. The standard InChI is InChI=1S/C13H19ClNO5P/c1-9(2)19-13(16)10(3)15-21(14,17)20-12-7-5-11(18-4)6-8-12/h5-10H,1-4H3,(H,15,17)/t10-,21?/m0/s1. The summed E-state index contributed by atoms with van der Waals surface area (Å²) >= 11 is 5.80. The van der Waals surface area contributed by atoms with E-state index in [1.807, 2.05) is 0 Å². The molecule has 0 aliphatic rings. The van der Waals surface area contributed by atoms with E-state index in [2.05, 4.69) is 5.09 Å². The van der Waals surface area contributed by atoms with Crippen molar-refractivity contribution in [3.63, 3.8) is 0 Å². The quantitative estimate of drug-likeness (QED) is 0.608. The maximum absolute atomic E-state index is 12.1. The molecule has 0 radical (unpaired) electrons. The number of benzene rings is 1. The van der Waals surface area contributed by atoms with Crippen LogP contribution in [-0.2, 0) is 14.1 Å². The first-order chi connectivity index (χ1) is 9.73. The third-order valence-electron chi connectivity index (χ3n) is 2.34. The molecular formula is C13H19ClNO5P. The third-order valence-corrected chi connectivity index (χ3v) is 3.98. The van der Waals surface area contributed by atoms with Gasteiger partial charge in [-0.1, -0.05) is 0 Å². The predicted molar refractivity (Wildman–Crippen MR) is 80.9 cm³/mol. The molecule has 0 aliphatic carbocycles. The van der Waals surface area contributed by atoms with Crippen LogP contribution in [0.25, 0.3) is 0 Å². The Kier molecular flexibility index (Phi) is 6.52. The van der Waals surface area contributed by atoms with Crippen molar-refractivity contribution >= 4 is 24.1 Å². The average Bonchev–Trinajstić information content (AvgIpc) is 2.37. The van der Waals surface area contributed by atoms with Crippen molar-refractivity contribution in [2.45, 2.75) is 32.9 Å². The Bertz CT molecular complexity index is 520. The molecule has 8 heteroatoms. The average molecular weight is 336 g/mol. The summed E-state index contributed by atoms with van der Waals surface area (Å²) in [4.78, 5) is 11.6. The highest BCUT2D eigenvalue weighted by Gasteiger charge is 2.28. The number of hydrogen-bond donors (Lipinski definition) is 1. The molecule has 1 N–H and O–H groups in total. The van der Waals surface area contributed by atoms with Gasteiger partial charge in [-0.25, -0.2) is 9.65 Å². The lowest BCUT2D eigenvalue weighted by molar-refractivity contribution is -0.148. The van der Waals surface area contributed by atoms with Gasteiger partial charge in [-0.05, 0) is 45.0 Å². The molecule has 0 bridgehead atoms. The zero-order valence-corrected chi connectivity index (χ0v) is 14.0. The third kappa shape index (κ3) is 6.38. The van der Waals surface area contributed by atoms with Crippen LogP contribution in [0.2, 0.25) is 0 Å². The van der Waals surface area contributed by atoms with Crippen molar-refractivity contribution < 1.29 is 23.4 Å². The first kappa shape index (κ1) is 17.8. The second-order valence-electron chi connectivity index (χ2n) is 4.58. The first-order valence-corrected chi connectivity index (χ1v) is 8.88. The van der Waals surface area contributed by atoms with E-state index in [-0.39, 0.29) is 6.10 Å². The van der Waals surface area contributed by atoms with Gasteiger partial charge in [0.2, 0.25) is 0 Å². The van der Waals surface area contributed by atoms with E-state index >= 15 is 0 Å². The number of esters is 1. The highest BCUT2D eigenvalue weighted by atomic mass is 35.7. The van der Waals surface area contributed by atoms with Crippen molar-refractivity contribution in [2.75, 3.05) is 7.11 Å². The van der Waals surface area contributed by atoms with Gasteiger partial charge in [-0.2, -0.15) is 0 Å². The minimum absolute atomic E-state index is 0.265. The van der Waals surface area contributed by atoms with E-state index in [0.29, 0.717) is 11.5 Å². The van der Waals surface area contributed by atoms with Crippen LogP contribution in [0, 0.1) is 0 Å². The fraction of sp³-hybridized carbons (Fsp3) is 0.462. The lowest BCUT2D eigenvalue weighted by Gasteiger charge is -2.19. The zero-order chi connectivity index (χ0) is 16.0. The van der Waals surface area contributed by atoms with Crippen LogP contribution >= 0.6 is 18.1 Å². The van der Waals surface area contributed by atoms with Crippen LogP contribution in [-0.4, -0.2) is 25.2 Å². The van der Waals surface area contributed by atoms with Gasteiger partial charge in [0.15, 0.2) is 0 Å². The summed E-state index contributed by atoms with van der Waals surface area (Å²) in [6.45, 7) is 1.23. The van der Waals surface area contributed by atoms with Crippen LogP contribution in [0.4, 0.5) is 0 Å². The molecule has 118 valence electrons. The number of carbonyl (C=O) groups is 1. The Morgan fingerprint density at radius 3 is 2.19 bits per heavy atom. The highest BCUT2D eigenvalue weighted by Crippen LogP contribution is 2.48. The molecule has 1 rings (SSSR count). The summed E-state index contributed by atoms with van der Waals surface area (Å²) < 4.78 is 27.3. The number of halogens is 1.